The summed E-state index contributed by atoms with van der Waals surface area (Å²) in [5, 5.41) is 6.95. The highest BCUT2D eigenvalue weighted by Crippen LogP contribution is 2.22. The van der Waals surface area contributed by atoms with Gasteiger partial charge in [-0.25, -0.2) is 0 Å². The Labute approximate surface area is 165 Å². The van der Waals surface area contributed by atoms with Crippen LogP contribution >= 0.6 is 0 Å². The number of hydrogen-bond acceptors (Lipinski definition) is 4. The predicted octanol–water partition coefficient (Wildman–Crippen LogP) is 4.58. The number of carbonyl (C=O) groups excluding carboxylic acids is 1. The third-order valence-electron chi connectivity index (χ3n) is 4.93. The van der Waals surface area contributed by atoms with Gasteiger partial charge in [-0.15, -0.1) is 0 Å². The quantitative estimate of drug-likeness (QED) is 0.654. The molecule has 0 saturated carbocycles. The number of aryl methyl sites for hydroxylation is 2. The molecule has 1 N–H and O–H groups in total. The lowest BCUT2D eigenvalue weighted by atomic mass is 9.84. The van der Waals surface area contributed by atoms with Crippen molar-refractivity contribution < 1.29 is 14.1 Å². The molecule has 0 saturated heterocycles. The van der Waals surface area contributed by atoms with Crippen LogP contribution < -0.4 is 10.1 Å². The summed E-state index contributed by atoms with van der Waals surface area (Å²) in [6, 6.07) is 17.3. The van der Waals surface area contributed by atoms with E-state index in [-0.39, 0.29) is 11.3 Å². The monoisotopic (exact) mass is 378 g/mol. The summed E-state index contributed by atoms with van der Waals surface area (Å²) < 4.78 is 10.9. The second kappa shape index (κ2) is 8.30. The Morgan fingerprint density at radius 1 is 1.07 bits per heavy atom. The molecule has 0 atom stereocenters. The van der Waals surface area contributed by atoms with Gasteiger partial charge in [-0.2, -0.15) is 0 Å². The summed E-state index contributed by atoms with van der Waals surface area (Å²) >= 11 is 0. The van der Waals surface area contributed by atoms with Crippen LogP contribution in [0.1, 0.15) is 46.8 Å². The zero-order chi connectivity index (χ0) is 20.1. The maximum absolute atomic E-state index is 12.5. The van der Waals surface area contributed by atoms with Gasteiger partial charge in [0.25, 0.3) is 5.91 Å². The van der Waals surface area contributed by atoms with Crippen LogP contribution in [-0.4, -0.2) is 17.6 Å². The van der Waals surface area contributed by atoms with Gasteiger partial charge >= 0.3 is 0 Å². The van der Waals surface area contributed by atoms with Crippen LogP contribution in [0.3, 0.4) is 0 Å². The second-order valence-electron chi connectivity index (χ2n) is 7.55. The van der Waals surface area contributed by atoms with E-state index in [1.165, 1.54) is 5.56 Å². The molecule has 5 heteroatoms. The molecule has 0 aliphatic rings. The molecule has 5 nitrogen and oxygen atoms in total. The summed E-state index contributed by atoms with van der Waals surface area (Å²) in [6.07, 6.45) is 0. The molecule has 0 aliphatic carbocycles. The first kappa shape index (κ1) is 19.7. The van der Waals surface area contributed by atoms with Crippen molar-refractivity contribution >= 4 is 5.91 Å². The van der Waals surface area contributed by atoms with Gasteiger partial charge in [0, 0.05) is 17.5 Å². The Morgan fingerprint density at radius 2 is 1.75 bits per heavy atom. The Hall–Kier alpha value is -3.08. The standard InChI is InChI=1S/C23H26N2O3/c1-16-21(17(2)28-25-16)14-27-20-12-10-18(11-13-20)22(26)24-15-23(3,4)19-8-6-5-7-9-19/h5-13H,14-15H2,1-4H3,(H,24,26). The fourth-order valence-electron chi connectivity index (χ4n) is 2.96. The molecule has 1 amide bonds. The smallest absolute Gasteiger partial charge is 0.251 e. The van der Waals surface area contributed by atoms with Crippen LogP contribution in [0.15, 0.2) is 59.1 Å². The lowest BCUT2D eigenvalue weighted by Crippen LogP contribution is -2.36. The molecule has 0 radical (unpaired) electrons. The first-order valence-corrected chi connectivity index (χ1v) is 9.35. The minimum absolute atomic E-state index is 0.0960. The van der Waals surface area contributed by atoms with Crippen molar-refractivity contribution in [1.82, 2.24) is 10.5 Å². The van der Waals surface area contributed by atoms with Gasteiger partial charge in [-0.3, -0.25) is 4.79 Å². The van der Waals surface area contributed by atoms with Crippen molar-refractivity contribution in [2.75, 3.05) is 6.54 Å². The van der Waals surface area contributed by atoms with Crippen LogP contribution in [0.25, 0.3) is 0 Å². The number of carbonyl (C=O) groups is 1. The first-order valence-electron chi connectivity index (χ1n) is 9.35. The predicted molar refractivity (Wildman–Crippen MR) is 109 cm³/mol. The maximum Gasteiger partial charge on any atom is 0.251 e. The molecule has 3 aromatic rings. The van der Waals surface area contributed by atoms with Gasteiger partial charge in [-0.1, -0.05) is 49.3 Å². The molecule has 3 rings (SSSR count). The molecule has 0 aliphatic heterocycles. The third kappa shape index (κ3) is 4.60. The van der Waals surface area contributed by atoms with Gasteiger partial charge in [-0.05, 0) is 43.7 Å². The lowest BCUT2D eigenvalue weighted by molar-refractivity contribution is 0.0945. The lowest BCUT2D eigenvalue weighted by Gasteiger charge is -2.25. The van der Waals surface area contributed by atoms with E-state index in [1.54, 1.807) is 24.3 Å². The minimum Gasteiger partial charge on any atom is -0.489 e. The molecule has 0 unspecified atom stereocenters. The summed E-state index contributed by atoms with van der Waals surface area (Å²) in [6.45, 7) is 8.93. The van der Waals surface area contributed by atoms with Crippen LogP contribution in [0.4, 0.5) is 0 Å². The number of nitrogens with one attached hydrogen (secondary N) is 1. The fraction of sp³-hybridized carbons (Fsp3) is 0.304. The topological polar surface area (TPSA) is 64.4 Å². The zero-order valence-corrected chi connectivity index (χ0v) is 16.8. The largest absolute Gasteiger partial charge is 0.489 e. The van der Waals surface area contributed by atoms with E-state index in [0.717, 1.165) is 17.0 Å². The molecule has 0 bridgehead atoms. The van der Waals surface area contributed by atoms with E-state index >= 15 is 0 Å². The number of hydrogen-bond donors (Lipinski definition) is 1. The van der Waals surface area contributed by atoms with Crippen molar-refractivity contribution in [3.8, 4) is 5.75 Å². The second-order valence-corrected chi connectivity index (χ2v) is 7.55. The molecule has 0 fully saturated rings. The molecule has 1 heterocycles. The fourth-order valence-corrected chi connectivity index (χ4v) is 2.96. The number of aromatic nitrogens is 1. The first-order chi connectivity index (χ1) is 13.4. The van der Waals surface area contributed by atoms with Crippen molar-refractivity contribution in [1.29, 1.82) is 0 Å². The SMILES string of the molecule is Cc1noc(C)c1COc1ccc(C(=O)NCC(C)(C)c2ccccc2)cc1. The molecular formula is C23H26N2O3. The number of rotatable bonds is 7. The van der Waals surface area contributed by atoms with E-state index in [2.05, 4.69) is 36.5 Å². The van der Waals surface area contributed by atoms with Gasteiger partial charge in [0.05, 0.1) is 11.3 Å². The number of ether oxygens (including phenoxy) is 1. The van der Waals surface area contributed by atoms with E-state index in [1.807, 2.05) is 32.0 Å². The van der Waals surface area contributed by atoms with Crippen LogP contribution in [0.5, 0.6) is 5.75 Å². The Balaban J connectivity index is 1.56. The number of nitrogens with zero attached hydrogens (tertiary/aromatic N) is 1. The minimum atomic E-state index is -0.145. The van der Waals surface area contributed by atoms with Gasteiger partial charge in [0.15, 0.2) is 0 Å². The third-order valence-corrected chi connectivity index (χ3v) is 4.93. The van der Waals surface area contributed by atoms with Crippen molar-refractivity contribution in [2.24, 2.45) is 0 Å². The number of amides is 1. The summed E-state index contributed by atoms with van der Waals surface area (Å²) in [7, 11) is 0. The summed E-state index contributed by atoms with van der Waals surface area (Å²) in [4.78, 5) is 12.5. The van der Waals surface area contributed by atoms with Gasteiger partial charge < -0.3 is 14.6 Å². The Morgan fingerprint density at radius 3 is 2.36 bits per heavy atom. The average Bonchev–Trinajstić information content (AvgIpc) is 3.03. The average molecular weight is 378 g/mol. The van der Waals surface area contributed by atoms with Gasteiger partial charge in [0.1, 0.15) is 18.1 Å². The molecule has 28 heavy (non-hydrogen) atoms. The van der Waals surface area contributed by atoms with E-state index in [4.69, 9.17) is 9.26 Å². The van der Waals surface area contributed by atoms with E-state index in [0.29, 0.717) is 24.5 Å². The normalized spacial score (nSPS) is 11.3. The summed E-state index contributed by atoms with van der Waals surface area (Å²) in [5.74, 6) is 1.36. The van der Waals surface area contributed by atoms with Crippen LogP contribution in [0.2, 0.25) is 0 Å². The van der Waals surface area contributed by atoms with Crippen LogP contribution in [-0.2, 0) is 12.0 Å². The molecule has 146 valence electrons. The highest BCUT2D eigenvalue weighted by Gasteiger charge is 2.21. The zero-order valence-electron chi connectivity index (χ0n) is 16.8. The van der Waals surface area contributed by atoms with Crippen LogP contribution in [0, 0.1) is 13.8 Å². The highest BCUT2D eigenvalue weighted by molar-refractivity contribution is 5.94. The van der Waals surface area contributed by atoms with Gasteiger partial charge in [0.2, 0.25) is 0 Å². The molecule has 1 aromatic heterocycles. The Kier molecular flexibility index (Phi) is 5.83. The Bertz CT molecular complexity index is 909. The van der Waals surface area contributed by atoms with E-state index < -0.39 is 0 Å². The number of benzene rings is 2. The molecular weight excluding hydrogens is 352 g/mol. The molecule has 0 spiro atoms. The van der Waals surface area contributed by atoms with Crippen molar-refractivity contribution in [3.63, 3.8) is 0 Å². The molecule has 2 aromatic carbocycles. The highest BCUT2D eigenvalue weighted by atomic mass is 16.5. The van der Waals surface area contributed by atoms with Crippen molar-refractivity contribution in [2.45, 2.75) is 39.7 Å². The summed E-state index contributed by atoms with van der Waals surface area (Å²) in [5.41, 5.74) is 3.43. The van der Waals surface area contributed by atoms with E-state index in [9.17, 15) is 4.79 Å². The van der Waals surface area contributed by atoms with Crippen molar-refractivity contribution in [3.05, 3.63) is 82.7 Å². The maximum atomic E-state index is 12.5.